The van der Waals surface area contributed by atoms with Crippen LogP contribution in [0.15, 0.2) is 11.3 Å². The van der Waals surface area contributed by atoms with Crippen LogP contribution in [0.2, 0.25) is 0 Å². The molecule has 0 radical (unpaired) electrons. The number of unbranched alkanes of at least 4 members (excludes halogenated alkanes) is 1. The second kappa shape index (κ2) is 5.03. The van der Waals surface area contributed by atoms with E-state index in [1.54, 1.807) is 6.92 Å². The molecule has 0 bridgehead atoms. The van der Waals surface area contributed by atoms with Crippen molar-refractivity contribution in [1.29, 1.82) is 0 Å². The van der Waals surface area contributed by atoms with E-state index >= 15 is 0 Å². The molecule has 0 aliphatic rings. The summed E-state index contributed by atoms with van der Waals surface area (Å²) in [6, 6.07) is 0. The second-order valence-corrected chi connectivity index (χ2v) is 2.43. The molecule has 0 unspecified atom stereocenters. The van der Waals surface area contributed by atoms with Crippen LogP contribution >= 0.6 is 0 Å². The Morgan fingerprint density at radius 3 is 2.60 bits per heavy atom. The monoisotopic (exact) mass is 141 g/mol. The Kier molecular flexibility index (Phi) is 4.63. The predicted octanol–water partition coefficient (Wildman–Crippen LogP) is 1.61. The van der Waals surface area contributed by atoms with Crippen molar-refractivity contribution in [3.8, 4) is 0 Å². The van der Waals surface area contributed by atoms with E-state index in [0.29, 0.717) is 5.57 Å². The zero-order valence-corrected chi connectivity index (χ0v) is 6.68. The van der Waals surface area contributed by atoms with Crippen LogP contribution in [0.25, 0.3) is 0 Å². The molecule has 0 amide bonds. The summed E-state index contributed by atoms with van der Waals surface area (Å²) in [7, 11) is 0. The highest BCUT2D eigenvalue weighted by atomic mass is 16.1. The number of aldehydes is 1. The van der Waals surface area contributed by atoms with E-state index in [0.717, 1.165) is 31.2 Å². The number of hydrogen-bond donors (Lipinski definition) is 1. The van der Waals surface area contributed by atoms with Crippen LogP contribution in [0.3, 0.4) is 0 Å². The van der Waals surface area contributed by atoms with Crippen molar-refractivity contribution in [2.24, 2.45) is 5.73 Å². The van der Waals surface area contributed by atoms with Gasteiger partial charge in [0.1, 0.15) is 6.29 Å². The van der Waals surface area contributed by atoms with Crippen molar-refractivity contribution in [2.45, 2.75) is 33.1 Å². The lowest BCUT2D eigenvalue weighted by Gasteiger charge is -1.99. The fraction of sp³-hybridized carbons (Fsp3) is 0.625. The van der Waals surface area contributed by atoms with Gasteiger partial charge in [0.15, 0.2) is 0 Å². The number of allylic oxidation sites excluding steroid dienone is 2. The van der Waals surface area contributed by atoms with Crippen LogP contribution in [-0.2, 0) is 4.79 Å². The molecule has 0 saturated carbocycles. The van der Waals surface area contributed by atoms with Gasteiger partial charge in [0.2, 0.25) is 0 Å². The lowest BCUT2D eigenvalue weighted by atomic mass is 10.1. The average Bonchev–Trinajstić information content (AvgIpc) is 1.98. The third-order valence-electron chi connectivity index (χ3n) is 1.48. The molecule has 0 fully saturated rings. The summed E-state index contributed by atoms with van der Waals surface area (Å²) in [5, 5.41) is 0. The molecule has 0 atom stereocenters. The molecule has 10 heavy (non-hydrogen) atoms. The summed E-state index contributed by atoms with van der Waals surface area (Å²) in [6.45, 7) is 3.85. The number of rotatable bonds is 4. The molecule has 0 heterocycles. The highest BCUT2D eigenvalue weighted by Gasteiger charge is 1.94. The third kappa shape index (κ3) is 3.28. The lowest BCUT2D eigenvalue weighted by Crippen LogP contribution is -2.01. The van der Waals surface area contributed by atoms with Crippen molar-refractivity contribution >= 4 is 6.29 Å². The van der Waals surface area contributed by atoms with Crippen LogP contribution in [0, 0.1) is 0 Å². The van der Waals surface area contributed by atoms with Crippen LogP contribution < -0.4 is 5.73 Å². The Balaban J connectivity index is 3.79. The van der Waals surface area contributed by atoms with Gasteiger partial charge in [0.05, 0.1) is 0 Å². The van der Waals surface area contributed by atoms with Gasteiger partial charge >= 0.3 is 0 Å². The minimum atomic E-state index is 0.674. The van der Waals surface area contributed by atoms with E-state index in [1.165, 1.54) is 0 Å². The molecular formula is C8H15NO. The standard InChI is InChI=1S/C8H15NO/c1-3-4-5-8(9)7(2)6-10/h6H,3-5,9H2,1-2H3. The van der Waals surface area contributed by atoms with Gasteiger partial charge in [-0.25, -0.2) is 0 Å². The molecular weight excluding hydrogens is 126 g/mol. The first kappa shape index (κ1) is 9.21. The normalized spacial score (nSPS) is 12.6. The summed E-state index contributed by atoms with van der Waals surface area (Å²) < 4.78 is 0. The van der Waals surface area contributed by atoms with Crippen LogP contribution in [0.5, 0.6) is 0 Å². The van der Waals surface area contributed by atoms with Gasteiger partial charge in [0.25, 0.3) is 0 Å². The minimum Gasteiger partial charge on any atom is -0.402 e. The van der Waals surface area contributed by atoms with E-state index in [4.69, 9.17) is 5.73 Å². The maximum Gasteiger partial charge on any atom is 0.147 e. The first-order valence-corrected chi connectivity index (χ1v) is 3.62. The Hall–Kier alpha value is -0.790. The molecule has 0 rings (SSSR count). The molecule has 0 aromatic heterocycles. The fourth-order valence-electron chi connectivity index (χ4n) is 0.640. The SMILES string of the molecule is CCCCC(N)=C(C)C=O. The molecule has 2 N–H and O–H groups in total. The molecule has 2 heteroatoms. The van der Waals surface area contributed by atoms with Crippen molar-refractivity contribution in [3.63, 3.8) is 0 Å². The summed E-state index contributed by atoms with van der Waals surface area (Å²) in [5.74, 6) is 0. The van der Waals surface area contributed by atoms with Crippen molar-refractivity contribution in [1.82, 2.24) is 0 Å². The van der Waals surface area contributed by atoms with Gasteiger partial charge in [0, 0.05) is 11.3 Å². The summed E-state index contributed by atoms with van der Waals surface area (Å²) in [6.07, 6.45) is 3.84. The van der Waals surface area contributed by atoms with Gasteiger partial charge in [-0.2, -0.15) is 0 Å². The van der Waals surface area contributed by atoms with Crippen molar-refractivity contribution in [3.05, 3.63) is 11.3 Å². The highest BCUT2D eigenvalue weighted by molar-refractivity contribution is 5.73. The van der Waals surface area contributed by atoms with E-state index < -0.39 is 0 Å². The Morgan fingerprint density at radius 2 is 2.20 bits per heavy atom. The Morgan fingerprint density at radius 1 is 1.60 bits per heavy atom. The first-order valence-electron chi connectivity index (χ1n) is 3.62. The first-order chi connectivity index (χ1) is 4.72. The third-order valence-corrected chi connectivity index (χ3v) is 1.48. The Labute approximate surface area is 62.1 Å². The number of nitrogens with two attached hydrogens (primary N) is 1. The summed E-state index contributed by atoms with van der Waals surface area (Å²) in [4.78, 5) is 10.2. The topological polar surface area (TPSA) is 43.1 Å². The van der Waals surface area contributed by atoms with Crippen LogP contribution in [0.1, 0.15) is 33.1 Å². The maximum atomic E-state index is 10.2. The van der Waals surface area contributed by atoms with Crippen LogP contribution in [0.4, 0.5) is 0 Å². The highest BCUT2D eigenvalue weighted by Crippen LogP contribution is 2.04. The zero-order valence-electron chi connectivity index (χ0n) is 6.68. The zero-order chi connectivity index (χ0) is 7.98. The molecule has 58 valence electrons. The largest absolute Gasteiger partial charge is 0.402 e. The Bertz CT molecular complexity index is 138. The molecule has 0 aliphatic carbocycles. The number of carbonyl (C=O) groups excluding carboxylic acids is 1. The van der Waals surface area contributed by atoms with Gasteiger partial charge in [-0.3, -0.25) is 4.79 Å². The van der Waals surface area contributed by atoms with E-state index in [-0.39, 0.29) is 0 Å². The van der Waals surface area contributed by atoms with E-state index in [2.05, 4.69) is 6.92 Å². The van der Waals surface area contributed by atoms with Crippen molar-refractivity contribution < 1.29 is 4.79 Å². The van der Waals surface area contributed by atoms with Gasteiger partial charge in [-0.15, -0.1) is 0 Å². The number of carbonyl (C=O) groups is 1. The van der Waals surface area contributed by atoms with E-state index in [9.17, 15) is 4.79 Å². The van der Waals surface area contributed by atoms with Crippen molar-refractivity contribution in [2.75, 3.05) is 0 Å². The van der Waals surface area contributed by atoms with Gasteiger partial charge in [-0.1, -0.05) is 13.3 Å². The minimum absolute atomic E-state index is 0.674. The second-order valence-electron chi connectivity index (χ2n) is 2.43. The molecule has 0 aromatic carbocycles. The maximum absolute atomic E-state index is 10.2. The molecule has 0 aromatic rings. The van der Waals surface area contributed by atoms with Gasteiger partial charge in [-0.05, 0) is 19.8 Å². The lowest BCUT2D eigenvalue weighted by molar-refractivity contribution is -0.104. The average molecular weight is 141 g/mol. The predicted molar refractivity (Wildman–Crippen MR) is 42.5 cm³/mol. The quantitative estimate of drug-likeness (QED) is 0.477. The molecule has 0 saturated heterocycles. The molecule has 0 spiro atoms. The summed E-state index contributed by atoms with van der Waals surface area (Å²) in [5.41, 5.74) is 6.97. The fourth-order valence-corrected chi connectivity index (χ4v) is 0.640. The summed E-state index contributed by atoms with van der Waals surface area (Å²) >= 11 is 0. The number of hydrogen-bond acceptors (Lipinski definition) is 2. The smallest absolute Gasteiger partial charge is 0.147 e. The molecule has 2 nitrogen and oxygen atoms in total. The molecule has 0 aliphatic heterocycles. The van der Waals surface area contributed by atoms with E-state index in [1.807, 2.05) is 0 Å². The van der Waals surface area contributed by atoms with Gasteiger partial charge < -0.3 is 5.73 Å². The van der Waals surface area contributed by atoms with Crippen LogP contribution in [-0.4, -0.2) is 6.29 Å².